The van der Waals surface area contributed by atoms with Crippen molar-refractivity contribution in [3.63, 3.8) is 0 Å². The topological polar surface area (TPSA) is 108 Å². The fraction of sp³-hybridized carbons (Fsp3) is 0.688. The van der Waals surface area contributed by atoms with Crippen LogP contribution in [0.25, 0.3) is 0 Å². The minimum atomic E-state index is -0.618. The van der Waals surface area contributed by atoms with Gasteiger partial charge in [-0.1, -0.05) is 6.08 Å². The fourth-order valence-corrected chi connectivity index (χ4v) is 2.19. The molecule has 2 amide bonds. The molecule has 0 spiro atoms. The number of hydrogen-bond acceptors (Lipinski definition) is 5. The molecule has 2 atom stereocenters. The maximum absolute atomic E-state index is 12.2. The molecule has 0 aromatic rings. The Morgan fingerprint density at radius 1 is 1.48 bits per heavy atom. The second-order valence-electron chi connectivity index (χ2n) is 6.52. The number of nitrogens with two attached hydrogens (primary N) is 1. The molecule has 0 aliphatic carbocycles. The Kier molecular flexibility index (Phi) is 7.04. The minimum Gasteiger partial charge on any atom is -0.444 e. The molecule has 0 saturated carbocycles. The van der Waals surface area contributed by atoms with Gasteiger partial charge in [0.25, 0.3) is 0 Å². The minimum absolute atomic E-state index is 0.207. The summed E-state index contributed by atoms with van der Waals surface area (Å²) in [6.45, 7) is 6.32. The molecule has 7 nitrogen and oxygen atoms in total. The van der Waals surface area contributed by atoms with E-state index < -0.39 is 23.8 Å². The van der Waals surface area contributed by atoms with Crippen molar-refractivity contribution >= 4 is 12.0 Å². The number of nitriles is 1. The Morgan fingerprint density at radius 3 is 2.78 bits per heavy atom. The van der Waals surface area contributed by atoms with Gasteiger partial charge in [0.2, 0.25) is 5.91 Å². The normalized spacial score (nSPS) is 18.4. The van der Waals surface area contributed by atoms with Gasteiger partial charge in [-0.15, -0.1) is 0 Å². The highest BCUT2D eigenvalue weighted by molar-refractivity contribution is 5.83. The Morgan fingerprint density at radius 2 is 2.17 bits per heavy atom. The van der Waals surface area contributed by atoms with Crippen molar-refractivity contribution in [1.82, 2.24) is 10.2 Å². The van der Waals surface area contributed by atoms with Crippen LogP contribution in [0, 0.1) is 11.3 Å². The second-order valence-corrected chi connectivity index (χ2v) is 6.52. The number of hydrogen-bond donors (Lipinski definition) is 2. The van der Waals surface area contributed by atoms with Gasteiger partial charge in [0.1, 0.15) is 11.6 Å². The summed E-state index contributed by atoms with van der Waals surface area (Å²) >= 11 is 0. The predicted octanol–water partition coefficient (Wildman–Crippen LogP) is 1.30. The van der Waals surface area contributed by atoms with E-state index in [0.29, 0.717) is 32.4 Å². The van der Waals surface area contributed by atoms with Crippen LogP contribution in [-0.4, -0.2) is 47.7 Å². The van der Waals surface area contributed by atoms with Crippen molar-refractivity contribution in [3.8, 4) is 6.07 Å². The summed E-state index contributed by atoms with van der Waals surface area (Å²) in [6.07, 6.45) is 4.99. The van der Waals surface area contributed by atoms with Gasteiger partial charge in [0.05, 0.1) is 12.1 Å². The lowest BCUT2D eigenvalue weighted by molar-refractivity contribution is -0.132. The molecule has 23 heavy (non-hydrogen) atoms. The highest BCUT2D eigenvalue weighted by atomic mass is 16.6. The molecule has 1 aliphatic rings. The maximum Gasteiger partial charge on any atom is 0.407 e. The number of carbonyl (C=O) groups is 2. The number of unbranched alkanes of at least 4 members (excludes halogenated alkanes) is 1. The lowest BCUT2D eigenvalue weighted by atomic mass is 10.1. The van der Waals surface area contributed by atoms with Gasteiger partial charge in [-0.3, -0.25) is 4.79 Å². The zero-order valence-corrected chi connectivity index (χ0v) is 14.0. The van der Waals surface area contributed by atoms with Gasteiger partial charge in [0, 0.05) is 13.1 Å². The summed E-state index contributed by atoms with van der Waals surface area (Å²) in [7, 11) is 0. The van der Waals surface area contributed by atoms with E-state index in [1.165, 1.54) is 4.90 Å². The average molecular weight is 322 g/mol. The maximum atomic E-state index is 12.2. The molecule has 0 aromatic heterocycles. The van der Waals surface area contributed by atoms with Gasteiger partial charge in [-0.05, 0) is 46.1 Å². The first-order valence-corrected chi connectivity index (χ1v) is 7.84. The molecule has 1 aliphatic heterocycles. The number of carbonyl (C=O) groups excluding carboxylic acids is 2. The van der Waals surface area contributed by atoms with Gasteiger partial charge in [-0.2, -0.15) is 5.26 Å². The van der Waals surface area contributed by atoms with Crippen molar-refractivity contribution in [2.75, 3.05) is 13.1 Å². The molecular formula is C16H26N4O3. The van der Waals surface area contributed by atoms with E-state index in [1.807, 2.05) is 0 Å². The average Bonchev–Trinajstić information content (AvgIpc) is 2.92. The molecule has 0 fully saturated rings. The number of rotatable bonds is 6. The van der Waals surface area contributed by atoms with Crippen LogP contribution < -0.4 is 11.1 Å². The first-order valence-electron chi connectivity index (χ1n) is 7.84. The molecule has 128 valence electrons. The van der Waals surface area contributed by atoms with Gasteiger partial charge >= 0.3 is 6.09 Å². The summed E-state index contributed by atoms with van der Waals surface area (Å²) in [5, 5.41) is 11.6. The number of alkyl carbamates (subject to hydrolysis) is 1. The smallest absolute Gasteiger partial charge is 0.407 e. The largest absolute Gasteiger partial charge is 0.444 e. The predicted molar refractivity (Wildman–Crippen MR) is 86.3 cm³/mol. The van der Waals surface area contributed by atoms with Crippen molar-refractivity contribution in [1.29, 1.82) is 5.26 Å². The van der Waals surface area contributed by atoms with E-state index in [-0.39, 0.29) is 5.91 Å². The van der Waals surface area contributed by atoms with Crippen LogP contribution in [-0.2, 0) is 9.53 Å². The zero-order chi connectivity index (χ0) is 17.5. The second kappa shape index (κ2) is 8.53. The van der Waals surface area contributed by atoms with E-state index in [4.69, 9.17) is 15.7 Å². The third-order valence-corrected chi connectivity index (χ3v) is 3.30. The molecule has 1 rings (SSSR count). The summed E-state index contributed by atoms with van der Waals surface area (Å²) in [4.78, 5) is 25.1. The monoisotopic (exact) mass is 322 g/mol. The van der Waals surface area contributed by atoms with Crippen LogP contribution in [0.1, 0.15) is 40.0 Å². The van der Waals surface area contributed by atoms with E-state index in [9.17, 15) is 9.59 Å². The zero-order valence-electron chi connectivity index (χ0n) is 14.0. The molecule has 0 bridgehead atoms. The molecule has 7 heteroatoms. The Bertz CT molecular complexity index is 491. The van der Waals surface area contributed by atoms with E-state index in [1.54, 1.807) is 32.9 Å². The summed E-state index contributed by atoms with van der Waals surface area (Å²) in [5.74, 6) is -0.207. The van der Waals surface area contributed by atoms with Crippen LogP contribution in [0.4, 0.5) is 4.79 Å². The summed E-state index contributed by atoms with van der Waals surface area (Å²) in [6, 6.07) is 0.929. The SMILES string of the molecule is CC(C)(C)OC(=O)NCCCCC(N)C(=O)N1CC=CC1C#N. The quantitative estimate of drug-likeness (QED) is 0.566. The molecule has 2 unspecified atom stereocenters. The number of ether oxygens (including phenoxy) is 1. The summed E-state index contributed by atoms with van der Waals surface area (Å²) < 4.78 is 5.12. The van der Waals surface area contributed by atoms with E-state index in [0.717, 1.165) is 0 Å². The van der Waals surface area contributed by atoms with Crippen LogP contribution in [0.2, 0.25) is 0 Å². The van der Waals surface area contributed by atoms with Gasteiger partial charge < -0.3 is 20.7 Å². The lowest BCUT2D eigenvalue weighted by Gasteiger charge is -2.23. The number of nitrogens with zero attached hydrogens (tertiary/aromatic N) is 2. The standard InChI is InChI=1S/C16H26N4O3/c1-16(2,3)23-15(22)19-9-5-4-8-13(18)14(21)20-10-6-7-12(20)11-17/h6-7,12-13H,4-5,8-10,18H2,1-3H3,(H,19,22). The van der Waals surface area contributed by atoms with E-state index >= 15 is 0 Å². The molecule has 0 saturated heterocycles. The van der Waals surface area contributed by atoms with Crippen molar-refractivity contribution in [2.24, 2.45) is 5.73 Å². The van der Waals surface area contributed by atoms with Crippen LogP contribution >= 0.6 is 0 Å². The molecule has 0 aromatic carbocycles. The lowest BCUT2D eigenvalue weighted by Crippen LogP contribution is -2.46. The number of nitrogens with one attached hydrogen (secondary N) is 1. The molecule has 3 N–H and O–H groups in total. The Labute approximate surface area is 137 Å². The summed E-state index contributed by atoms with van der Waals surface area (Å²) in [5.41, 5.74) is 5.38. The molecular weight excluding hydrogens is 296 g/mol. The first-order chi connectivity index (χ1) is 10.7. The Balaban J connectivity index is 2.19. The molecule has 0 radical (unpaired) electrons. The van der Waals surface area contributed by atoms with Crippen molar-refractivity contribution < 1.29 is 14.3 Å². The van der Waals surface area contributed by atoms with Crippen LogP contribution in [0.3, 0.4) is 0 Å². The van der Waals surface area contributed by atoms with Gasteiger partial charge in [0.15, 0.2) is 0 Å². The van der Waals surface area contributed by atoms with E-state index in [2.05, 4.69) is 11.4 Å². The van der Waals surface area contributed by atoms with Crippen LogP contribution in [0.15, 0.2) is 12.2 Å². The third kappa shape index (κ3) is 6.70. The molecule has 1 heterocycles. The fourth-order valence-electron chi connectivity index (χ4n) is 2.19. The van der Waals surface area contributed by atoms with Gasteiger partial charge in [-0.25, -0.2) is 4.79 Å². The highest BCUT2D eigenvalue weighted by Crippen LogP contribution is 2.12. The van der Waals surface area contributed by atoms with Crippen LogP contribution in [0.5, 0.6) is 0 Å². The van der Waals surface area contributed by atoms with Crippen molar-refractivity contribution in [2.45, 2.75) is 57.7 Å². The van der Waals surface area contributed by atoms with Crippen molar-refractivity contribution in [3.05, 3.63) is 12.2 Å². The first kappa shape index (κ1) is 19.0. The third-order valence-electron chi connectivity index (χ3n) is 3.30. The highest BCUT2D eigenvalue weighted by Gasteiger charge is 2.28. The Hall–Kier alpha value is -2.07. The number of amides is 2.